The van der Waals surface area contributed by atoms with Gasteiger partial charge in [0.1, 0.15) is 5.69 Å². The van der Waals surface area contributed by atoms with E-state index in [1.807, 2.05) is 0 Å². The Morgan fingerprint density at radius 3 is 2.57 bits per heavy atom. The lowest BCUT2D eigenvalue weighted by molar-refractivity contribution is -0.384. The van der Waals surface area contributed by atoms with Crippen LogP contribution >= 0.6 is 15.9 Å². The molecule has 0 aliphatic carbocycles. The molecule has 21 heavy (non-hydrogen) atoms. The predicted molar refractivity (Wildman–Crippen MR) is 78.2 cm³/mol. The summed E-state index contributed by atoms with van der Waals surface area (Å²) in [6.45, 7) is 1.60. The molecular weight excluding hydrogens is 348 g/mol. The van der Waals surface area contributed by atoms with Crippen LogP contribution in [0.4, 0.5) is 11.4 Å². The third kappa shape index (κ3) is 4.13. The van der Waals surface area contributed by atoms with E-state index in [-0.39, 0.29) is 16.9 Å². The molecule has 0 aromatic heterocycles. The van der Waals surface area contributed by atoms with Crippen LogP contribution < -0.4 is 5.32 Å². The van der Waals surface area contributed by atoms with Gasteiger partial charge in [-0.3, -0.25) is 10.1 Å². The average molecular weight is 363 g/mol. The van der Waals surface area contributed by atoms with Gasteiger partial charge in [-0.25, -0.2) is 4.79 Å². The highest BCUT2D eigenvalue weighted by Crippen LogP contribution is 2.32. The summed E-state index contributed by atoms with van der Waals surface area (Å²) in [6, 6.07) is 1.89. The second kappa shape index (κ2) is 7.34. The molecule has 0 spiro atoms. The fourth-order valence-electron chi connectivity index (χ4n) is 1.62. The van der Waals surface area contributed by atoms with Gasteiger partial charge < -0.3 is 19.9 Å². The molecule has 2 N–H and O–H groups in total. The molecular formula is C12H15BrN2O6. The summed E-state index contributed by atoms with van der Waals surface area (Å²) in [5.41, 5.74) is -0.133. The van der Waals surface area contributed by atoms with E-state index in [1.54, 1.807) is 6.92 Å². The van der Waals surface area contributed by atoms with Crippen LogP contribution in [-0.4, -0.2) is 42.6 Å². The summed E-state index contributed by atoms with van der Waals surface area (Å²) in [4.78, 5) is 22.0. The second-order valence-electron chi connectivity index (χ2n) is 4.16. The molecule has 0 radical (unpaired) electrons. The zero-order chi connectivity index (χ0) is 16.2. The average Bonchev–Trinajstić information content (AvgIpc) is 2.45. The van der Waals surface area contributed by atoms with Gasteiger partial charge in [0.15, 0.2) is 6.29 Å². The van der Waals surface area contributed by atoms with Gasteiger partial charge in [0.05, 0.1) is 23.6 Å². The molecule has 0 heterocycles. The Kier molecular flexibility index (Phi) is 6.06. The number of carbonyl (C=O) groups is 1. The Labute approximate surface area is 129 Å². The molecule has 8 nitrogen and oxygen atoms in total. The molecule has 0 amide bonds. The minimum Gasteiger partial charge on any atom is -0.465 e. The predicted octanol–water partition coefficient (Wildman–Crippen LogP) is 1.91. The van der Waals surface area contributed by atoms with E-state index in [2.05, 4.69) is 26.0 Å². The van der Waals surface area contributed by atoms with Crippen LogP contribution in [0.1, 0.15) is 17.3 Å². The molecule has 0 bridgehead atoms. The molecule has 0 aliphatic heterocycles. The molecule has 0 saturated carbocycles. The van der Waals surface area contributed by atoms with Gasteiger partial charge in [0.2, 0.25) is 0 Å². The summed E-state index contributed by atoms with van der Waals surface area (Å²) in [5.74, 6) is -0.693. The zero-order valence-corrected chi connectivity index (χ0v) is 13.2. The minimum atomic E-state index is -1.14. The molecule has 0 aliphatic rings. The second-order valence-corrected chi connectivity index (χ2v) is 5.01. The normalized spacial score (nSPS) is 13.4. The third-order valence-electron chi connectivity index (χ3n) is 2.74. The maximum absolute atomic E-state index is 11.5. The number of aliphatic hydroxyl groups excluding tert-OH is 1. The fraction of sp³-hybridized carbons (Fsp3) is 0.417. The van der Waals surface area contributed by atoms with Crippen molar-refractivity contribution < 1.29 is 24.3 Å². The Bertz CT molecular complexity index is 551. The number of aliphatic hydroxyl groups is 1. The van der Waals surface area contributed by atoms with Crippen LogP contribution in [0.3, 0.4) is 0 Å². The summed E-state index contributed by atoms with van der Waals surface area (Å²) < 4.78 is 9.62. The molecule has 2 atom stereocenters. The molecule has 1 rings (SSSR count). The molecule has 0 saturated heterocycles. The number of rotatable bonds is 6. The van der Waals surface area contributed by atoms with Gasteiger partial charge in [-0.15, -0.1) is 0 Å². The first kappa shape index (κ1) is 17.3. The number of nitrogens with one attached hydrogen (secondary N) is 1. The highest BCUT2D eigenvalue weighted by atomic mass is 79.9. The van der Waals surface area contributed by atoms with Gasteiger partial charge in [-0.1, -0.05) is 0 Å². The standard InChI is InChI=1S/C12H15BrN2O6/c1-6(11(16)20-2)14-9-5-8(13)7(12(17)21-3)4-10(9)15(18)19/h4-6,11,14,16H,1-3H3. The van der Waals surface area contributed by atoms with Crippen molar-refractivity contribution in [2.24, 2.45) is 0 Å². The largest absolute Gasteiger partial charge is 0.465 e. The monoisotopic (exact) mass is 362 g/mol. The number of anilines is 1. The number of esters is 1. The summed E-state index contributed by atoms with van der Waals surface area (Å²) in [5, 5.41) is 23.4. The van der Waals surface area contributed by atoms with Crippen LogP contribution in [0.5, 0.6) is 0 Å². The van der Waals surface area contributed by atoms with E-state index in [1.165, 1.54) is 20.3 Å². The maximum Gasteiger partial charge on any atom is 0.339 e. The van der Waals surface area contributed by atoms with Crippen molar-refractivity contribution in [2.45, 2.75) is 19.3 Å². The molecule has 116 valence electrons. The van der Waals surface area contributed by atoms with Crippen molar-refractivity contribution >= 4 is 33.3 Å². The van der Waals surface area contributed by atoms with E-state index in [0.717, 1.165) is 6.07 Å². The number of carbonyl (C=O) groups excluding carboxylic acids is 1. The Hall–Kier alpha value is -1.71. The van der Waals surface area contributed by atoms with Crippen LogP contribution in [0.15, 0.2) is 16.6 Å². The Morgan fingerprint density at radius 1 is 1.48 bits per heavy atom. The van der Waals surface area contributed by atoms with Crippen molar-refractivity contribution in [1.29, 1.82) is 0 Å². The molecule has 1 aromatic rings. The van der Waals surface area contributed by atoms with Gasteiger partial charge in [0, 0.05) is 17.6 Å². The summed E-state index contributed by atoms with van der Waals surface area (Å²) >= 11 is 3.16. The van der Waals surface area contributed by atoms with Crippen LogP contribution in [0, 0.1) is 10.1 Å². The first-order chi connectivity index (χ1) is 9.81. The number of hydrogen-bond acceptors (Lipinski definition) is 7. The van der Waals surface area contributed by atoms with E-state index < -0.39 is 23.2 Å². The molecule has 1 aromatic carbocycles. The Morgan fingerprint density at radius 2 is 2.10 bits per heavy atom. The lowest BCUT2D eigenvalue weighted by Crippen LogP contribution is -2.32. The van der Waals surface area contributed by atoms with Gasteiger partial charge in [-0.05, 0) is 28.9 Å². The fourth-order valence-corrected chi connectivity index (χ4v) is 2.12. The van der Waals surface area contributed by atoms with Gasteiger partial charge in [0.25, 0.3) is 5.69 Å². The quantitative estimate of drug-likeness (QED) is 0.344. The minimum absolute atomic E-state index is 0.0368. The SMILES string of the molecule is COC(=O)c1cc([N+](=O)[O-])c(NC(C)C(O)OC)cc1Br. The van der Waals surface area contributed by atoms with Crippen molar-refractivity contribution in [2.75, 3.05) is 19.5 Å². The highest BCUT2D eigenvalue weighted by Gasteiger charge is 2.24. The molecule has 2 unspecified atom stereocenters. The smallest absolute Gasteiger partial charge is 0.339 e. The number of nitrogens with zero attached hydrogens (tertiary/aromatic N) is 1. The van der Waals surface area contributed by atoms with E-state index in [4.69, 9.17) is 4.74 Å². The molecule has 9 heteroatoms. The number of ether oxygens (including phenoxy) is 2. The number of nitro groups is 1. The van der Waals surface area contributed by atoms with Crippen molar-refractivity contribution in [3.8, 4) is 0 Å². The van der Waals surface area contributed by atoms with Gasteiger partial charge in [-0.2, -0.15) is 0 Å². The number of halogens is 1. The zero-order valence-electron chi connectivity index (χ0n) is 11.6. The van der Waals surface area contributed by atoms with Gasteiger partial charge >= 0.3 is 5.97 Å². The van der Waals surface area contributed by atoms with E-state index in [9.17, 15) is 20.0 Å². The molecule has 0 fully saturated rings. The number of methoxy groups -OCH3 is 2. The summed E-state index contributed by atoms with van der Waals surface area (Å²) in [6.07, 6.45) is -1.14. The number of nitro benzene ring substituents is 1. The lowest BCUT2D eigenvalue weighted by atomic mass is 10.1. The van der Waals surface area contributed by atoms with Crippen molar-refractivity contribution in [3.63, 3.8) is 0 Å². The first-order valence-electron chi connectivity index (χ1n) is 5.85. The Balaban J connectivity index is 3.23. The van der Waals surface area contributed by atoms with Crippen molar-refractivity contribution in [3.05, 3.63) is 32.3 Å². The number of benzene rings is 1. The van der Waals surface area contributed by atoms with Crippen LogP contribution in [0.2, 0.25) is 0 Å². The lowest BCUT2D eigenvalue weighted by Gasteiger charge is -2.20. The highest BCUT2D eigenvalue weighted by molar-refractivity contribution is 9.10. The number of hydrogen-bond donors (Lipinski definition) is 2. The van der Waals surface area contributed by atoms with Crippen LogP contribution in [-0.2, 0) is 9.47 Å². The van der Waals surface area contributed by atoms with E-state index >= 15 is 0 Å². The topological polar surface area (TPSA) is 111 Å². The van der Waals surface area contributed by atoms with Crippen molar-refractivity contribution in [1.82, 2.24) is 0 Å². The van der Waals surface area contributed by atoms with E-state index in [0.29, 0.717) is 4.47 Å². The maximum atomic E-state index is 11.5. The summed E-state index contributed by atoms with van der Waals surface area (Å²) in [7, 11) is 2.50. The third-order valence-corrected chi connectivity index (χ3v) is 3.40. The first-order valence-corrected chi connectivity index (χ1v) is 6.64. The van der Waals surface area contributed by atoms with Crippen LogP contribution in [0.25, 0.3) is 0 Å².